The van der Waals surface area contributed by atoms with Gasteiger partial charge in [-0.25, -0.2) is 9.37 Å². The number of hydrogen-bond acceptors (Lipinski definition) is 4. The van der Waals surface area contributed by atoms with Gasteiger partial charge in [0.15, 0.2) is 5.58 Å². The first-order valence-electron chi connectivity index (χ1n) is 9.22. The van der Waals surface area contributed by atoms with Crippen LogP contribution in [0.15, 0.2) is 68.0 Å². The van der Waals surface area contributed by atoms with E-state index in [1.54, 1.807) is 31.4 Å². The van der Waals surface area contributed by atoms with Crippen molar-refractivity contribution in [3.05, 3.63) is 80.0 Å². The molecule has 162 valence electrons. The summed E-state index contributed by atoms with van der Waals surface area (Å²) in [6.45, 7) is 0. The molecule has 1 heterocycles. The Hall–Kier alpha value is -2.68. The first kappa shape index (κ1) is 22.5. The van der Waals surface area contributed by atoms with E-state index in [1.165, 1.54) is 24.3 Å². The summed E-state index contributed by atoms with van der Waals surface area (Å²) in [6, 6.07) is 12.8. The Kier molecular flexibility index (Phi) is 6.64. The normalized spacial score (nSPS) is 11.3. The fourth-order valence-electron chi connectivity index (χ4n) is 3.05. The Balaban J connectivity index is 1.55. The monoisotopic (exact) mass is 578 g/mol. The third kappa shape index (κ3) is 4.87. The largest absolute Gasteiger partial charge is 0.495 e. The quantitative estimate of drug-likeness (QED) is 0.249. The molecule has 3 aromatic carbocycles. The number of nitrogens with one attached hydrogen (secondary N) is 1. The number of rotatable bonds is 5. The number of ether oxygens (including phenoxy) is 1. The van der Waals surface area contributed by atoms with Crippen LogP contribution in [0.2, 0.25) is 5.02 Å². The minimum Gasteiger partial charge on any atom is -0.495 e. The van der Waals surface area contributed by atoms with Crippen LogP contribution in [0.3, 0.4) is 0 Å². The molecule has 0 spiro atoms. The van der Waals surface area contributed by atoms with E-state index in [2.05, 4.69) is 42.2 Å². The number of nitrogens with zero attached hydrogens (tertiary/aromatic N) is 1. The summed E-state index contributed by atoms with van der Waals surface area (Å²) in [6.07, 6.45) is 3.07. The van der Waals surface area contributed by atoms with Crippen LogP contribution in [0.1, 0.15) is 5.56 Å². The molecule has 0 aliphatic heterocycles. The molecule has 1 N–H and O–H groups in total. The van der Waals surface area contributed by atoms with E-state index >= 15 is 0 Å². The van der Waals surface area contributed by atoms with E-state index in [0.29, 0.717) is 28.1 Å². The van der Waals surface area contributed by atoms with Crippen molar-refractivity contribution in [2.75, 3.05) is 12.4 Å². The van der Waals surface area contributed by atoms with E-state index < -0.39 is 5.82 Å². The molecule has 0 saturated heterocycles. The van der Waals surface area contributed by atoms with Crippen LogP contribution < -0.4 is 10.1 Å². The molecule has 0 bridgehead atoms. The van der Waals surface area contributed by atoms with Gasteiger partial charge >= 0.3 is 0 Å². The van der Waals surface area contributed by atoms with Crippen LogP contribution in [-0.2, 0) is 4.79 Å². The van der Waals surface area contributed by atoms with E-state index in [9.17, 15) is 9.18 Å². The SMILES string of the molecule is COc1c(Br)cc(Br)cc1/C=C/C(=O)Nc1ccc2oc(-c3ccc(F)cc3Cl)nc2c1. The molecule has 0 fully saturated rings. The molecule has 0 radical (unpaired) electrons. The third-order valence-electron chi connectivity index (χ3n) is 4.47. The highest BCUT2D eigenvalue weighted by atomic mass is 79.9. The molecule has 0 aliphatic carbocycles. The van der Waals surface area contributed by atoms with Gasteiger partial charge in [0, 0.05) is 21.8 Å². The number of oxazole rings is 1. The van der Waals surface area contributed by atoms with Gasteiger partial charge in [-0.15, -0.1) is 0 Å². The van der Waals surface area contributed by atoms with Gasteiger partial charge in [-0.05, 0) is 70.5 Å². The minimum absolute atomic E-state index is 0.199. The average Bonchev–Trinajstić information content (AvgIpc) is 3.15. The highest BCUT2D eigenvalue weighted by molar-refractivity contribution is 9.11. The Morgan fingerprint density at radius 3 is 2.75 bits per heavy atom. The van der Waals surface area contributed by atoms with E-state index in [-0.39, 0.29) is 16.8 Å². The maximum absolute atomic E-state index is 13.3. The first-order valence-corrected chi connectivity index (χ1v) is 11.2. The molecule has 5 nitrogen and oxygen atoms in total. The van der Waals surface area contributed by atoms with Gasteiger partial charge in [-0.1, -0.05) is 27.5 Å². The summed E-state index contributed by atoms with van der Waals surface area (Å²) in [5.41, 5.74) is 2.79. The van der Waals surface area contributed by atoms with Gasteiger partial charge in [0.1, 0.15) is 17.1 Å². The van der Waals surface area contributed by atoms with Gasteiger partial charge in [-0.3, -0.25) is 4.79 Å². The van der Waals surface area contributed by atoms with Crippen LogP contribution in [0.4, 0.5) is 10.1 Å². The highest BCUT2D eigenvalue weighted by Crippen LogP contribution is 2.34. The van der Waals surface area contributed by atoms with Crippen molar-refractivity contribution in [2.24, 2.45) is 0 Å². The molecule has 4 aromatic rings. The Morgan fingerprint density at radius 2 is 2.00 bits per heavy atom. The lowest BCUT2D eigenvalue weighted by atomic mass is 10.2. The van der Waals surface area contributed by atoms with Crippen molar-refractivity contribution in [2.45, 2.75) is 0 Å². The Labute approximate surface area is 204 Å². The minimum atomic E-state index is -0.444. The van der Waals surface area contributed by atoms with Crippen molar-refractivity contribution in [1.29, 1.82) is 0 Å². The van der Waals surface area contributed by atoms with E-state index in [1.807, 2.05) is 12.1 Å². The highest BCUT2D eigenvalue weighted by Gasteiger charge is 2.13. The van der Waals surface area contributed by atoms with Gasteiger partial charge in [-0.2, -0.15) is 0 Å². The van der Waals surface area contributed by atoms with Crippen molar-refractivity contribution < 1.29 is 18.3 Å². The van der Waals surface area contributed by atoms with E-state index in [4.69, 9.17) is 20.8 Å². The number of aromatic nitrogens is 1. The van der Waals surface area contributed by atoms with Crippen LogP contribution in [0, 0.1) is 5.82 Å². The summed E-state index contributed by atoms with van der Waals surface area (Å²) in [5.74, 6) is 0.113. The summed E-state index contributed by atoms with van der Waals surface area (Å²) < 4.78 is 26.0. The number of fused-ring (bicyclic) bond motifs is 1. The van der Waals surface area contributed by atoms with Crippen molar-refractivity contribution in [1.82, 2.24) is 4.98 Å². The zero-order chi connectivity index (χ0) is 22.8. The van der Waals surface area contributed by atoms with Crippen LogP contribution >= 0.6 is 43.5 Å². The topological polar surface area (TPSA) is 64.4 Å². The molecule has 0 aliphatic rings. The second-order valence-electron chi connectivity index (χ2n) is 6.66. The number of carbonyl (C=O) groups excluding carboxylic acids is 1. The van der Waals surface area contributed by atoms with E-state index in [0.717, 1.165) is 14.5 Å². The van der Waals surface area contributed by atoms with Crippen molar-refractivity contribution in [3.8, 4) is 17.2 Å². The smallest absolute Gasteiger partial charge is 0.248 e. The second kappa shape index (κ2) is 9.44. The lowest BCUT2D eigenvalue weighted by Gasteiger charge is -2.08. The zero-order valence-corrected chi connectivity index (χ0v) is 20.4. The molecule has 1 aromatic heterocycles. The predicted molar refractivity (Wildman–Crippen MR) is 130 cm³/mol. The van der Waals surface area contributed by atoms with Crippen LogP contribution in [0.5, 0.6) is 5.75 Å². The predicted octanol–water partition coefficient (Wildman–Crippen LogP) is 7.47. The lowest BCUT2D eigenvalue weighted by molar-refractivity contribution is -0.111. The molecule has 0 unspecified atom stereocenters. The molecular formula is C23H14Br2ClFN2O3. The summed E-state index contributed by atoms with van der Waals surface area (Å²) in [4.78, 5) is 16.8. The first-order chi connectivity index (χ1) is 15.3. The second-order valence-corrected chi connectivity index (χ2v) is 8.84. The molecule has 32 heavy (non-hydrogen) atoms. The van der Waals surface area contributed by atoms with Gasteiger partial charge in [0.25, 0.3) is 0 Å². The fourth-order valence-corrected chi connectivity index (χ4v) is 4.72. The Bertz CT molecular complexity index is 1370. The standard InChI is InChI=1S/C23H14Br2ClFN2O3/c1-31-22-12(8-13(24)9-17(22)25)2-7-21(30)28-15-4-6-20-19(11-15)29-23(32-20)16-5-3-14(27)10-18(16)26/h2-11H,1H3,(H,28,30)/b7-2+. The maximum Gasteiger partial charge on any atom is 0.248 e. The average molecular weight is 581 g/mol. The number of benzene rings is 3. The molecule has 4 rings (SSSR count). The van der Waals surface area contributed by atoms with Gasteiger partial charge < -0.3 is 14.5 Å². The summed E-state index contributed by atoms with van der Waals surface area (Å²) in [5, 5.41) is 2.99. The summed E-state index contributed by atoms with van der Waals surface area (Å²) in [7, 11) is 1.56. The zero-order valence-electron chi connectivity index (χ0n) is 16.5. The number of anilines is 1. The van der Waals surface area contributed by atoms with Crippen LogP contribution in [0.25, 0.3) is 28.6 Å². The number of halogens is 4. The number of carbonyl (C=O) groups is 1. The number of hydrogen-bond donors (Lipinski definition) is 1. The van der Waals surface area contributed by atoms with Crippen molar-refractivity contribution >= 4 is 72.2 Å². The molecular weight excluding hydrogens is 567 g/mol. The Morgan fingerprint density at radius 1 is 1.19 bits per heavy atom. The fraction of sp³-hybridized carbons (Fsp3) is 0.0435. The van der Waals surface area contributed by atoms with Gasteiger partial charge in [0.2, 0.25) is 11.8 Å². The van der Waals surface area contributed by atoms with Crippen LogP contribution in [-0.4, -0.2) is 18.0 Å². The third-order valence-corrected chi connectivity index (χ3v) is 5.83. The summed E-state index contributed by atoms with van der Waals surface area (Å²) >= 11 is 13.0. The number of methoxy groups -OCH3 is 1. The number of amides is 1. The van der Waals surface area contributed by atoms with Crippen molar-refractivity contribution in [3.63, 3.8) is 0 Å². The lowest BCUT2D eigenvalue weighted by Crippen LogP contribution is -2.07. The molecule has 9 heteroatoms. The molecule has 0 atom stereocenters. The van der Waals surface area contributed by atoms with Gasteiger partial charge in [0.05, 0.1) is 22.2 Å². The molecule has 0 saturated carbocycles. The molecule has 1 amide bonds. The maximum atomic E-state index is 13.3.